The van der Waals surface area contributed by atoms with Gasteiger partial charge in [0.2, 0.25) is 5.82 Å². The molecule has 0 saturated heterocycles. The number of aromatic amines is 1. The van der Waals surface area contributed by atoms with Crippen LogP contribution in [-0.2, 0) is 0 Å². The molecule has 0 saturated carbocycles. The van der Waals surface area contributed by atoms with Gasteiger partial charge < -0.3 is 9.51 Å². The highest BCUT2D eigenvalue weighted by Gasteiger charge is 2.17. The topological polar surface area (TPSA) is 89.6 Å². The Labute approximate surface area is 136 Å². The second kappa shape index (κ2) is 5.62. The van der Waals surface area contributed by atoms with Crippen molar-refractivity contribution >= 4 is 0 Å². The van der Waals surface area contributed by atoms with Crippen LogP contribution in [0, 0.1) is 6.92 Å². The number of rotatable bonds is 3. The molecule has 1 aromatic carbocycles. The first-order valence-electron chi connectivity index (χ1n) is 7.36. The van der Waals surface area contributed by atoms with Crippen LogP contribution >= 0.6 is 0 Å². The van der Waals surface area contributed by atoms with Crippen LogP contribution in [0.3, 0.4) is 0 Å². The van der Waals surface area contributed by atoms with E-state index in [-0.39, 0.29) is 11.4 Å². The predicted molar refractivity (Wildman–Crippen MR) is 87.6 cm³/mol. The quantitative estimate of drug-likeness (QED) is 0.627. The van der Waals surface area contributed by atoms with Crippen LogP contribution in [0.4, 0.5) is 0 Å². The Morgan fingerprint density at radius 2 is 1.92 bits per heavy atom. The molecule has 0 radical (unpaired) electrons. The third-order valence-electron chi connectivity index (χ3n) is 3.64. The van der Waals surface area contributed by atoms with Crippen molar-refractivity contribution in [2.24, 2.45) is 0 Å². The van der Waals surface area contributed by atoms with Crippen LogP contribution in [-0.4, -0.2) is 24.9 Å². The highest BCUT2D eigenvalue weighted by atomic mass is 16.5. The highest BCUT2D eigenvalue weighted by molar-refractivity contribution is 5.60. The molecule has 7 heteroatoms. The number of pyridine rings is 1. The van der Waals surface area contributed by atoms with Crippen LogP contribution in [0.25, 0.3) is 28.5 Å². The first-order valence-corrected chi connectivity index (χ1v) is 7.36. The second-order valence-electron chi connectivity index (χ2n) is 5.24. The Balaban J connectivity index is 1.75. The predicted octanol–water partition coefficient (Wildman–Crippen LogP) is 2.59. The van der Waals surface area contributed by atoms with E-state index in [9.17, 15) is 4.79 Å². The first kappa shape index (κ1) is 14.1. The molecular formula is C17H13N5O2. The smallest absolute Gasteiger partial charge is 0.261 e. The molecule has 24 heavy (non-hydrogen) atoms. The van der Waals surface area contributed by atoms with E-state index in [0.29, 0.717) is 11.5 Å². The third kappa shape index (κ3) is 2.41. The molecule has 3 aromatic heterocycles. The van der Waals surface area contributed by atoms with Gasteiger partial charge >= 0.3 is 0 Å². The number of H-pyrrole nitrogens is 1. The average molecular weight is 319 g/mol. The summed E-state index contributed by atoms with van der Waals surface area (Å²) in [7, 11) is 0. The maximum atomic E-state index is 11.8. The fourth-order valence-corrected chi connectivity index (χ4v) is 2.42. The Hall–Kier alpha value is -3.48. The average Bonchev–Trinajstić information content (AvgIpc) is 3.23. The van der Waals surface area contributed by atoms with Crippen LogP contribution in [0.2, 0.25) is 0 Å². The molecule has 3 heterocycles. The van der Waals surface area contributed by atoms with E-state index in [1.54, 1.807) is 23.0 Å². The van der Waals surface area contributed by atoms with Gasteiger partial charge in [-0.25, -0.2) is 4.68 Å². The first-order chi connectivity index (χ1) is 11.7. The van der Waals surface area contributed by atoms with Crippen molar-refractivity contribution in [2.75, 3.05) is 0 Å². The number of nitrogens with zero attached hydrogens (tertiary/aromatic N) is 4. The fourth-order valence-electron chi connectivity index (χ4n) is 2.42. The maximum Gasteiger partial charge on any atom is 0.261 e. The van der Waals surface area contributed by atoms with E-state index < -0.39 is 0 Å². The highest BCUT2D eigenvalue weighted by Crippen LogP contribution is 2.24. The van der Waals surface area contributed by atoms with Crippen molar-refractivity contribution in [3.8, 4) is 28.5 Å². The summed E-state index contributed by atoms with van der Waals surface area (Å²) in [4.78, 5) is 18.7. The molecule has 7 nitrogen and oxygen atoms in total. The van der Waals surface area contributed by atoms with Gasteiger partial charge in [0.1, 0.15) is 0 Å². The number of aromatic nitrogens is 5. The molecule has 4 rings (SSSR count). The fraction of sp³-hybridized carbons (Fsp3) is 0.0588. The molecule has 0 aliphatic rings. The molecule has 118 valence electrons. The Bertz CT molecular complexity index is 1050. The molecular weight excluding hydrogens is 306 g/mol. The number of hydrogen-bond acceptors (Lipinski definition) is 5. The lowest BCUT2D eigenvalue weighted by atomic mass is 10.2. The number of nitrogens with one attached hydrogen (secondary N) is 1. The normalized spacial score (nSPS) is 10.9. The van der Waals surface area contributed by atoms with Crippen molar-refractivity contribution in [3.63, 3.8) is 0 Å². The number of hydrogen-bond donors (Lipinski definition) is 1. The maximum absolute atomic E-state index is 11.8. The third-order valence-corrected chi connectivity index (χ3v) is 3.64. The lowest BCUT2D eigenvalue weighted by Crippen LogP contribution is -2.07. The van der Waals surface area contributed by atoms with Crippen LogP contribution < -0.4 is 5.56 Å². The lowest BCUT2D eigenvalue weighted by molar-refractivity contribution is 0.432. The van der Waals surface area contributed by atoms with E-state index in [1.165, 1.54) is 0 Å². The van der Waals surface area contributed by atoms with E-state index >= 15 is 0 Å². The van der Waals surface area contributed by atoms with Gasteiger partial charge in [-0.15, -0.1) is 0 Å². The van der Waals surface area contributed by atoms with Gasteiger partial charge in [0.25, 0.3) is 11.4 Å². The summed E-state index contributed by atoms with van der Waals surface area (Å²) >= 11 is 0. The second-order valence-corrected chi connectivity index (χ2v) is 5.24. The van der Waals surface area contributed by atoms with E-state index in [2.05, 4.69) is 20.2 Å². The van der Waals surface area contributed by atoms with Crippen LogP contribution in [0.1, 0.15) is 5.69 Å². The molecule has 0 bridgehead atoms. The van der Waals surface area contributed by atoms with Crippen molar-refractivity contribution in [1.82, 2.24) is 24.9 Å². The summed E-state index contributed by atoms with van der Waals surface area (Å²) in [5.74, 6) is 0.576. The Kier molecular flexibility index (Phi) is 3.31. The molecule has 1 N–H and O–H groups in total. The lowest BCUT2D eigenvalue weighted by Gasteiger charge is -1.98. The largest absolute Gasteiger partial charge is 0.333 e. The molecule has 0 spiro atoms. The van der Waals surface area contributed by atoms with Gasteiger partial charge in [0, 0.05) is 12.4 Å². The minimum Gasteiger partial charge on any atom is -0.333 e. The number of para-hydroxylation sites is 1. The zero-order chi connectivity index (χ0) is 16.5. The van der Waals surface area contributed by atoms with Gasteiger partial charge in [-0.3, -0.25) is 4.79 Å². The minimum absolute atomic E-state index is 0.249. The van der Waals surface area contributed by atoms with Crippen molar-refractivity contribution in [1.29, 1.82) is 0 Å². The Morgan fingerprint density at radius 3 is 2.71 bits per heavy atom. The Morgan fingerprint density at radius 1 is 1.08 bits per heavy atom. The van der Waals surface area contributed by atoms with Crippen molar-refractivity contribution in [2.45, 2.75) is 6.92 Å². The summed E-state index contributed by atoms with van der Waals surface area (Å²) in [5.41, 5.74) is 2.52. The SMILES string of the molecule is Cc1nn(-c2ccccc2)cc1-c1nc(-c2ccc[nH]c2=O)no1. The monoisotopic (exact) mass is 319 g/mol. The van der Waals surface area contributed by atoms with Crippen LogP contribution in [0.15, 0.2) is 64.2 Å². The zero-order valence-electron chi connectivity index (χ0n) is 12.8. The molecule has 0 unspecified atom stereocenters. The minimum atomic E-state index is -0.262. The summed E-state index contributed by atoms with van der Waals surface area (Å²) in [6.07, 6.45) is 3.39. The summed E-state index contributed by atoms with van der Waals surface area (Å²) in [6, 6.07) is 13.1. The van der Waals surface area contributed by atoms with Gasteiger partial charge in [0.05, 0.1) is 22.5 Å². The standard InChI is InChI=1S/C17H13N5O2/c1-11-14(10-22(20-11)12-6-3-2-4-7-12)17-19-15(21-24-17)13-8-5-9-18-16(13)23/h2-10H,1H3,(H,18,23). The van der Waals surface area contributed by atoms with Gasteiger partial charge in [0.15, 0.2) is 0 Å². The van der Waals surface area contributed by atoms with Crippen molar-refractivity contribution in [3.05, 3.63) is 70.9 Å². The van der Waals surface area contributed by atoms with E-state index in [4.69, 9.17) is 4.52 Å². The van der Waals surface area contributed by atoms with Gasteiger partial charge in [-0.2, -0.15) is 10.1 Å². The van der Waals surface area contributed by atoms with Gasteiger partial charge in [-0.1, -0.05) is 23.4 Å². The van der Waals surface area contributed by atoms with Crippen molar-refractivity contribution < 1.29 is 4.52 Å². The zero-order valence-corrected chi connectivity index (χ0v) is 12.8. The molecule has 0 fully saturated rings. The number of aryl methyl sites for hydroxylation is 1. The molecule has 0 amide bonds. The van der Waals surface area contributed by atoms with E-state index in [1.807, 2.05) is 43.5 Å². The summed E-state index contributed by atoms with van der Waals surface area (Å²) in [6.45, 7) is 1.87. The molecule has 0 atom stereocenters. The molecule has 4 aromatic rings. The van der Waals surface area contributed by atoms with E-state index in [0.717, 1.165) is 16.9 Å². The van der Waals surface area contributed by atoms with Crippen LogP contribution in [0.5, 0.6) is 0 Å². The molecule has 0 aliphatic carbocycles. The number of benzene rings is 1. The van der Waals surface area contributed by atoms with Gasteiger partial charge in [-0.05, 0) is 31.2 Å². The summed E-state index contributed by atoms with van der Waals surface area (Å²) in [5, 5.41) is 8.38. The molecule has 0 aliphatic heterocycles. The summed E-state index contributed by atoms with van der Waals surface area (Å²) < 4.78 is 7.08.